The van der Waals surface area contributed by atoms with Gasteiger partial charge in [-0.25, -0.2) is 0 Å². The van der Waals surface area contributed by atoms with Crippen LogP contribution in [-0.2, 0) is 15.9 Å². The number of nitrogens with two attached hydrogens (primary N) is 1. The lowest BCUT2D eigenvalue weighted by Gasteiger charge is -2.14. The van der Waals surface area contributed by atoms with Gasteiger partial charge in [0.2, 0.25) is 0 Å². The normalized spacial score (nSPS) is 15.2. The van der Waals surface area contributed by atoms with Crippen molar-refractivity contribution in [2.45, 2.75) is 12.6 Å². The summed E-state index contributed by atoms with van der Waals surface area (Å²) in [5.41, 5.74) is 9.29. The molecule has 3 nitrogen and oxygen atoms in total. The number of benzene rings is 2. The van der Waals surface area contributed by atoms with Gasteiger partial charge < -0.3 is 15.0 Å². The highest BCUT2D eigenvalue weighted by atomic mass is 35.5. The monoisotopic (exact) mass is 287 g/mol. The van der Waals surface area contributed by atoms with Crippen molar-refractivity contribution in [3.05, 3.63) is 64.7 Å². The van der Waals surface area contributed by atoms with Crippen LogP contribution in [0, 0.1) is 0 Å². The third kappa shape index (κ3) is 2.89. The topological polar surface area (TPSA) is 44.5 Å². The summed E-state index contributed by atoms with van der Waals surface area (Å²) in [5, 5.41) is 0.717. The van der Waals surface area contributed by atoms with Crippen molar-refractivity contribution < 1.29 is 9.31 Å². The minimum Gasteiger partial charge on any atom is -0.405 e. The van der Waals surface area contributed by atoms with E-state index in [-0.39, 0.29) is 13.2 Å². The molecule has 0 aliphatic carbocycles. The Balaban J connectivity index is 1.64. The van der Waals surface area contributed by atoms with Gasteiger partial charge in [0, 0.05) is 5.02 Å². The Bertz CT molecular complexity index is 594. The molecule has 2 N–H and O–H groups in total. The first-order valence-electron chi connectivity index (χ1n) is 6.56. The number of rotatable bonds is 4. The highest BCUT2D eigenvalue weighted by Crippen LogP contribution is 2.18. The van der Waals surface area contributed by atoms with E-state index in [4.69, 9.17) is 26.6 Å². The Hall–Kier alpha value is -1.33. The SMILES string of the molecule is N[C@@H](COB1OCc2cc(Cl)ccc21)c1ccccc1. The van der Waals surface area contributed by atoms with Crippen LogP contribution in [0.2, 0.25) is 5.02 Å². The molecule has 0 aromatic heterocycles. The number of halogens is 1. The van der Waals surface area contributed by atoms with Crippen molar-refractivity contribution >= 4 is 24.2 Å². The average Bonchev–Trinajstić information content (AvgIpc) is 2.88. The Morgan fingerprint density at radius 2 is 2.05 bits per heavy atom. The predicted octanol–water partition coefficient (Wildman–Crippen LogP) is 2.28. The van der Waals surface area contributed by atoms with Crippen LogP contribution >= 0.6 is 11.6 Å². The Morgan fingerprint density at radius 1 is 1.25 bits per heavy atom. The fourth-order valence-corrected chi connectivity index (χ4v) is 2.50. The molecule has 0 amide bonds. The highest BCUT2D eigenvalue weighted by Gasteiger charge is 2.31. The van der Waals surface area contributed by atoms with Crippen molar-refractivity contribution in [2.24, 2.45) is 5.73 Å². The van der Waals surface area contributed by atoms with E-state index in [2.05, 4.69) is 0 Å². The van der Waals surface area contributed by atoms with Gasteiger partial charge in [0.25, 0.3) is 0 Å². The molecule has 20 heavy (non-hydrogen) atoms. The van der Waals surface area contributed by atoms with Crippen molar-refractivity contribution in [3.63, 3.8) is 0 Å². The van der Waals surface area contributed by atoms with E-state index >= 15 is 0 Å². The van der Waals surface area contributed by atoms with Crippen LogP contribution in [0.5, 0.6) is 0 Å². The second kappa shape index (κ2) is 5.98. The van der Waals surface area contributed by atoms with E-state index in [1.165, 1.54) is 0 Å². The molecule has 0 fully saturated rings. The Labute approximate surface area is 123 Å². The fourth-order valence-electron chi connectivity index (χ4n) is 2.31. The molecule has 5 heteroatoms. The summed E-state index contributed by atoms with van der Waals surface area (Å²) in [6.45, 7) is 0.942. The molecule has 2 aromatic rings. The molecule has 1 atom stereocenters. The molecule has 102 valence electrons. The quantitative estimate of drug-likeness (QED) is 0.878. The fraction of sp³-hybridized carbons (Fsp3) is 0.200. The van der Waals surface area contributed by atoms with Crippen LogP contribution in [0.3, 0.4) is 0 Å². The summed E-state index contributed by atoms with van der Waals surface area (Å²) >= 11 is 5.96. The van der Waals surface area contributed by atoms with Crippen LogP contribution < -0.4 is 11.2 Å². The van der Waals surface area contributed by atoms with Gasteiger partial charge in [-0.1, -0.05) is 48.0 Å². The van der Waals surface area contributed by atoms with E-state index in [0.29, 0.717) is 18.2 Å². The Morgan fingerprint density at radius 3 is 2.85 bits per heavy atom. The maximum absolute atomic E-state index is 6.12. The summed E-state index contributed by atoms with van der Waals surface area (Å²) in [5.74, 6) is 0. The first-order valence-corrected chi connectivity index (χ1v) is 6.94. The van der Waals surface area contributed by atoms with E-state index in [0.717, 1.165) is 16.6 Å². The summed E-state index contributed by atoms with van der Waals surface area (Å²) < 4.78 is 11.4. The predicted molar refractivity (Wildman–Crippen MR) is 81.0 cm³/mol. The lowest BCUT2D eigenvalue weighted by atomic mass is 9.79. The molecule has 1 aliphatic rings. The molecule has 1 heterocycles. The van der Waals surface area contributed by atoms with Gasteiger partial charge in [0.15, 0.2) is 0 Å². The molecule has 0 saturated heterocycles. The van der Waals surface area contributed by atoms with E-state index < -0.39 is 0 Å². The van der Waals surface area contributed by atoms with Crippen LogP contribution in [0.4, 0.5) is 0 Å². The standard InChI is InChI=1S/C15H15BClNO2/c17-13-6-7-14-12(8-13)9-19-16(14)20-10-15(18)11-4-2-1-3-5-11/h1-8,15H,9-10,18H2/t15-/m0/s1. The van der Waals surface area contributed by atoms with Gasteiger partial charge in [0.05, 0.1) is 19.3 Å². The van der Waals surface area contributed by atoms with Gasteiger partial charge in [-0.05, 0) is 28.7 Å². The van der Waals surface area contributed by atoms with E-state index in [1.54, 1.807) is 0 Å². The molecule has 0 spiro atoms. The highest BCUT2D eigenvalue weighted by molar-refractivity contribution is 6.63. The van der Waals surface area contributed by atoms with Crippen molar-refractivity contribution in [1.29, 1.82) is 0 Å². The number of hydrogen-bond acceptors (Lipinski definition) is 3. The molecule has 0 saturated carbocycles. The summed E-state index contributed by atoms with van der Waals surface area (Å²) in [6.07, 6.45) is 0. The maximum Gasteiger partial charge on any atom is 0.494 e. The lowest BCUT2D eigenvalue weighted by molar-refractivity contribution is 0.201. The molecule has 0 bridgehead atoms. The van der Waals surface area contributed by atoms with Crippen molar-refractivity contribution in [1.82, 2.24) is 0 Å². The first kappa shape index (κ1) is 13.6. The molecular formula is C15H15BClNO2. The van der Waals surface area contributed by atoms with Crippen LogP contribution in [0.15, 0.2) is 48.5 Å². The third-order valence-electron chi connectivity index (χ3n) is 3.40. The zero-order chi connectivity index (χ0) is 13.9. The zero-order valence-corrected chi connectivity index (χ0v) is 11.7. The molecular weight excluding hydrogens is 272 g/mol. The zero-order valence-electron chi connectivity index (χ0n) is 11.0. The van der Waals surface area contributed by atoms with Gasteiger partial charge in [-0.2, -0.15) is 0 Å². The smallest absolute Gasteiger partial charge is 0.405 e. The largest absolute Gasteiger partial charge is 0.494 e. The molecule has 2 aromatic carbocycles. The summed E-state index contributed by atoms with van der Waals surface area (Å²) in [6, 6.07) is 15.5. The maximum atomic E-state index is 6.12. The molecule has 3 rings (SSSR count). The minimum absolute atomic E-state index is 0.156. The lowest BCUT2D eigenvalue weighted by Crippen LogP contribution is -2.34. The van der Waals surface area contributed by atoms with Gasteiger partial charge >= 0.3 is 7.12 Å². The molecule has 0 unspecified atom stereocenters. The minimum atomic E-state index is -0.350. The van der Waals surface area contributed by atoms with E-state index in [1.807, 2.05) is 48.5 Å². The molecule has 0 radical (unpaired) electrons. The second-order valence-corrected chi connectivity index (χ2v) is 5.27. The van der Waals surface area contributed by atoms with Crippen LogP contribution in [0.1, 0.15) is 17.2 Å². The van der Waals surface area contributed by atoms with Crippen LogP contribution in [-0.4, -0.2) is 13.7 Å². The second-order valence-electron chi connectivity index (χ2n) is 4.84. The van der Waals surface area contributed by atoms with Gasteiger partial charge in [0.1, 0.15) is 0 Å². The van der Waals surface area contributed by atoms with Crippen molar-refractivity contribution in [2.75, 3.05) is 6.61 Å². The number of fused-ring (bicyclic) bond motifs is 1. The first-order chi connectivity index (χ1) is 9.74. The van der Waals surface area contributed by atoms with Crippen LogP contribution in [0.25, 0.3) is 0 Å². The van der Waals surface area contributed by atoms with Crippen molar-refractivity contribution in [3.8, 4) is 0 Å². The number of hydrogen-bond donors (Lipinski definition) is 1. The Kier molecular flexibility index (Phi) is 4.08. The summed E-state index contributed by atoms with van der Waals surface area (Å²) in [7, 11) is -0.350. The van der Waals surface area contributed by atoms with Gasteiger partial charge in [-0.3, -0.25) is 0 Å². The molecule has 1 aliphatic heterocycles. The van der Waals surface area contributed by atoms with Gasteiger partial charge in [-0.15, -0.1) is 0 Å². The average molecular weight is 288 g/mol. The van der Waals surface area contributed by atoms with E-state index in [9.17, 15) is 0 Å². The third-order valence-corrected chi connectivity index (χ3v) is 3.64. The summed E-state index contributed by atoms with van der Waals surface area (Å²) in [4.78, 5) is 0.